The Balaban J connectivity index is 1.64. The summed E-state index contributed by atoms with van der Waals surface area (Å²) in [6.45, 7) is 1.88. The van der Waals surface area contributed by atoms with Crippen molar-refractivity contribution in [2.45, 2.75) is 38.8 Å². The van der Waals surface area contributed by atoms with E-state index >= 15 is 0 Å². The van der Waals surface area contributed by atoms with Crippen LogP contribution in [0.2, 0.25) is 0 Å². The lowest BCUT2D eigenvalue weighted by atomic mass is 9.91. The molecule has 4 rings (SSSR count). The number of nitrogens with zero attached hydrogens (tertiary/aromatic N) is 1. The Labute approximate surface area is 150 Å². The lowest BCUT2D eigenvalue weighted by molar-refractivity contribution is 0.684. The Bertz CT molecular complexity index is 767. The lowest BCUT2D eigenvalue weighted by Crippen LogP contribution is -2.22. The van der Waals surface area contributed by atoms with Crippen LogP contribution in [0, 0.1) is 0 Å². The summed E-state index contributed by atoms with van der Waals surface area (Å²) >= 11 is 0. The second-order valence-electron chi connectivity index (χ2n) is 6.99. The minimum absolute atomic E-state index is 0.939. The summed E-state index contributed by atoms with van der Waals surface area (Å²) in [5.74, 6) is 0. The fraction of sp³-hybridized carbons (Fsp3) is 0.250. The van der Waals surface area contributed by atoms with Gasteiger partial charge in [0.2, 0.25) is 0 Å². The highest BCUT2D eigenvalue weighted by Crippen LogP contribution is 2.28. The monoisotopic (exact) mass is 327 g/mol. The van der Waals surface area contributed by atoms with Crippen molar-refractivity contribution in [3.05, 3.63) is 101 Å². The van der Waals surface area contributed by atoms with E-state index in [2.05, 4.69) is 83.8 Å². The van der Waals surface area contributed by atoms with Crippen LogP contribution in [0.25, 0.3) is 0 Å². The SMILES string of the molecule is c1ccc(CN(Cc2ccccc2)c2ccc3c(c2)CCCC3)cc1. The zero-order valence-corrected chi connectivity index (χ0v) is 14.7. The molecule has 0 atom stereocenters. The van der Waals surface area contributed by atoms with Crippen LogP contribution in [0.1, 0.15) is 35.1 Å². The van der Waals surface area contributed by atoms with Crippen LogP contribution in [0.5, 0.6) is 0 Å². The molecule has 0 amide bonds. The van der Waals surface area contributed by atoms with E-state index in [0.717, 1.165) is 13.1 Å². The van der Waals surface area contributed by atoms with Gasteiger partial charge in [-0.25, -0.2) is 0 Å². The fourth-order valence-electron chi connectivity index (χ4n) is 3.76. The van der Waals surface area contributed by atoms with E-state index in [4.69, 9.17) is 0 Å². The van der Waals surface area contributed by atoms with Gasteiger partial charge in [0.05, 0.1) is 0 Å². The van der Waals surface area contributed by atoms with Crippen molar-refractivity contribution in [3.63, 3.8) is 0 Å². The van der Waals surface area contributed by atoms with Crippen LogP contribution in [-0.2, 0) is 25.9 Å². The van der Waals surface area contributed by atoms with Gasteiger partial charge in [-0.05, 0) is 60.1 Å². The molecule has 0 unspecified atom stereocenters. The van der Waals surface area contributed by atoms with E-state index < -0.39 is 0 Å². The van der Waals surface area contributed by atoms with Gasteiger partial charge >= 0.3 is 0 Å². The Morgan fingerprint density at radius 2 is 1.16 bits per heavy atom. The minimum Gasteiger partial charge on any atom is -0.363 e. The van der Waals surface area contributed by atoms with Crippen molar-refractivity contribution < 1.29 is 0 Å². The second kappa shape index (κ2) is 7.57. The van der Waals surface area contributed by atoms with E-state index in [-0.39, 0.29) is 0 Å². The molecule has 1 heteroatoms. The normalized spacial score (nSPS) is 13.3. The first-order valence-electron chi connectivity index (χ1n) is 9.33. The lowest BCUT2D eigenvalue weighted by Gasteiger charge is -2.27. The molecule has 0 fully saturated rings. The molecule has 0 spiro atoms. The zero-order chi connectivity index (χ0) is 16.9. The third-order valence-corrected chi connectivity index (χ3v) is 5.13. The van der Waals surface area contributed by atoms with Crippen molar-refractivity contribution >= 4 is 5.69 Å². The first-order chi connectivity index (χ1) is 12.4. The van der Waals surface area contributed by atoms with Gasteiger partial charge in [-0.1, -0.05) is 66.7 Å². The van der Waals surface area contributed by atoms with E-state index in [9.17, 15) is 0 Å². The fourth-order valence-corrected chi connectivity index (χ4v) is 3.76. The van der Waals surface area contributed by atoms with Gasteiger partial charge in [0.25, 0.3) is 0 Å². The minimum atomic E-state index is 0.939. The highest BCUT2D eigenvalue weighted by atomic mass is 15.1. The Morgan fingerprint density at radius 1 is 0.600 bits per heavy atom. The molecule has 126 valence electrons. The Morgan fingerprint density at radius 3 is 1.76 bits per heavy atom. The average Bonchev–Trinajstić information content (AvgIpc) is 2.69. The second-order valence-corrected chi connectivity index (χ2v) is 6.99. The summed E-state index contributed by atoms with van der Waals surface area (Å²) in [4.78, 5) is 2.50. The van der Waals surface area contributed by atoms with E-state index in [1.54, 1.807) is 11.1 Å². The molecule has 25 heavy (non-hydrogen) atoms. The summed E-state index contributed by atoms with van der Waals surface area (Å²) in [6.07, 6.45) is 5.14. The summed E-state index contributed by atoms with van der Waals surface area (Å²) in [6, 6.07) is 28.7. The number of aryl methyl sites for hydroxylation is 2. The van der Waals surface area contributed by atoms with Crippen LogP contribution < -0.4 is 4.90 Å². The molecule has 0 saturated carbocycles. The number of rotatable bonds is 5. The van der Waals surface area contributed by atoms with Crippen LogP contribution in [0.15, 0.2) is 78.9 Å². The highest BCUT2D eigenvalue weighted by Gasteiger charge is 2.13. The van der Waals surface area contributed by atoms with Crippen molar-refractivity contribution in [1.29, 1.82) is 0 Å². The Kier molecular flexibility index (Phi) is 4.83. The molecule has 1 aliphatic carbocycles. The van der Waals surface area contributed by atoms with Gasteiger partial charge in [0.15, 0.2) is 0 Å². The molecular weight excluding hydrogens is 302 g/mol. The quantitative estimate of drug-likeness (QED) is 0.575. The van der Waals surface area contributed by atoms with Crippen molar-refractivity contribution in [2.24, 2.45) is 0 Å². The molecular formula is C24H25N. The molecule has 0 heterocycles. The van der Waals surface area contributed by atoms with Crippen LogP contribution in [0.4, 0.5) is 5.69 Å². The molecule has 0 saturated heterocycles. The molecule has 0 aromatic heterocycles. The van der Waals surface area contributed by atoms with Gasteiger partial charge in [-0.15, -0.1) is 0 Å². The number of anilines is 1. The topological polar surface area (TPSA) is 3.24 Å². The van der Waals surface area contributed by atoms with Crippen molar-refractivity contribution in [2.75, 3.05) is 4.90 Å². The summed E-state index contributed by atoms with van der Waals surface area (Å²) in [5, 5.41) is 0. The molecule has 0 aliphatic heterocycles. The summed E-state index contributed by atoms with van der Waals surface area (Å²) in [7, 11) is 0. The predicted molar refractivity (Wildman–Crippen MR) is 106 cm³/mol. The van der Waals surface area contributed by atoms with E-state index in [1.807, 2.05) is 0 Å². The van der Waals surface area contributed by atoms with Crippen LogP contribution in [-0.4, -0.2) is 0 Å². The maximum Gasteiger partial charge on any atom is 0.0433 e. The first kappa shape index (κ1) is 16.0. The van der Waals surface area contributed by atoms with Crippen molar-refractivity contribution in [3.8, 4) is 0 Å². The number of hydrogen-bond donors (Lipinski definition) is 0. The smallest absolute Gasteiger partial charge is 0.0433 e. The zero-order valence-electron chi connectivity index (χ0n) is 14.7. The molecule has 1 nitrogen and oxygen atoms in total. The average molecular weight is 327 g/mol. The Hall–Kier alpha value is -2.54. The third kappa shape index (κ3) is 3.93. The molecule has 1 aliphatic rings. The number of fused-ring (bicyclic) bond motifs is 1. The molecule has 3 aromatic rings. The highest BCUT2D eigenvalue weighted by molar-refractivity contribution is 5.52. The number of benzene rings is 3. The summed E-state index contributed by atoms with van der Waals surface area (Å²) < 4.78 is 0. The van der Waals surface area contributed by atoms with Crippen LogP contribution in [0.3, 0.4) is 0 Å². The maximum atomic E-state index is 2.50. The maximum absolute atomic E-state index is 2.50. The van der Waals surface area contributed by atoms with Gasteiger partial charge in [-0.3, -0.25) is 0 Å². The molecule has 0 bridgehead atoms. The third-order valence-electron chi connectivity index (χ3n) is 5.13. The van der Waals surface area contributed by atoms with E-state index in [0.29, 0.717) is 0 Å². The first-order valence-corrected chi connectivity index (χ1v) is 9.33. The molecule has 0 N–H and O–H groups in total. The van der Waals surface area contributed by atoms with Crippen LogP contribution >= 0.6 is 0 Å². The molecule has 3 aromatic carbocycles. The van der Waals surface area contributed by atoms with Crippen molar-refractivity contribution in [1.82, 2.24) is 0 Å². The standard InChI is InChI=1S/C24H25N/c1-3-9-20(10-4-1)18-25(19-21-11-5-2-6-12-21)24-16-15-22-13-7-8-14-23(22)17-24/h1-6,9-12,15-17H,7-8,13-14,18-19H2. The van der Waals surface area contributed by atoms with Gasteiger partial charge in [-0.2, -0.15) is 0 Å². The number of hydrogen-bond acceptors (Lipinski definition) is 1. The molecule has 0 radical (unpaired) electrons. The van der Waals surface area contributed by atoms with E-state index in [1.165, 1.54) is 42.5 Å². The summed E-state index contributed by atoms with van der Waals surface area (Å²) in [5.41, 5.74) is 7.16. The predicted octanol–water partition coefficient (Wildman–Crippen LogP) is 5.77. The van der Waals surface area contributed by atoms with Gasteiger partial charge in [0, 0.05) is 18.8 Å². The van der Waals surface area contributed by atoms with Gasteiger partial charge < -0.3 is 4.90 Å². The van der Waals surface area contributed by atoms with Gasteiger partial charge in [0.1, 0.15) is 0 Å². The largest absolute Gasteiger partial charge is 0.363 e.